The molecule has 1 amide bonds. The van der Waals surface area contributed by atoms with Gasteiger partial charge in [0.05, 0.1) is 22.9 Å². The summed E-state index contributed by atoms with van der Waals surface area (Å²) in [6, 6.07) is 16.8. The Morgan fingerprint density at radius 2 is 1.88 bits per heavy atom. The third-order valence-electron chi connectivity index (χ3n) is 5.73. The Morgan fingerprint density at radius 1 is 1.09 bits per heavy atom. The van der Waals surface area contributed by atoms with Crippen molar-refractivity contribution in [3.63, 3.8) is 0 Å². The van der Waals surface area contributed by atoms with Crippen LogP contribution in [0.5, 0.6) is 5.75 Å². The second-order valence-corrected chi connectivity index (χ2v) is 8.90. The number of aliphatic hydroxyl groups excluding tert-OH is 1. The van der Waals surface area contributed by atoms with Crippen molar-refractivity contribution in [1.29, 1.82) is 0 Å². The molecular weight excluding hydrogens is 455 g/mol. The second-order valence-electron chi connectivity index (χ2n) is 7.89. The van der Waals surface area contributed by atoms with Gasteiger partial charge in [-0.15, -0.1) is 0 Å². The van der Waals surface area contributed by atoms with E-state index in [1.807, 2.05) is 25.1 Å². The Hall–Kier alpha value is -4.04. The molecule has 4 aromatic rings. The number of carbonyl (C=O) groups excluding carboxylic acids is 2. The maximum atomic E-state index is 15.0. The highest BCUT2D eigenvalue weighted by atomic mass is 32.1. The van der Waals surface area contributed by atoms with E-state index < -0.39 is 29.3 Å². The number of anilines is 1. The van der Waals surface area contributed by atoms with E-state index in [1.165, 1.54) is 41.5 Å². The lowest BCUT2D eigenvalue weighted by Crippen LogP contribution is -2.29. The number of halogens is 1. The summed E-state index contributed by atoms with van der Waals surface area (Å²) in [6.07, 6.45) is 0. The SMILES string of the molecule is COc1cccc(C(O)=C2C(=O)C(=O)N(c3nc4ccc(C)cc4s3)[C@H]2c2ccccc2F)c1. The number of thiazole rings is 1. The summed E-state index contributed by atoms with van der Waals surface area (Å²) < 4.78 is 21.1. The van der Waals surface area contributed by atoms with E-state index in [9.17, 15) is 14.7 Å². The highest BCUT2D eigenvalue weighted by Crippen LogP contribution is 2.45. The molecule has 1 fully saturated rings. The van der Waals surface area contributed by atoms with Crippen LogP contribution in [0, 0.1) is 12.7 Å². The first-order valence-electron chi connectivity index (χ1n) is 10.5. The number of methoxy groups -OCH3 is 1. The number of nitrogens with zero attached hydrogens (tertiary/aromatic N) is 2. The van der Waals surface area contributed by atoms with E-state index >= 15 is 4.39 Å². The monoisotopic (exact) mass is 474 g/mol. The maximum Gasteiger partial charge on any atom is 0.301 e. The number of fused-ring (bicyclic) bond motifs is 1. The molecule has 0 radical (unpaired) electrons. The average molecular weight is 475 g/mol. The van der Waals surface area contributed by atoms with Crippen molar-refractivity contribution >= 4 is 44.1 Å². The number of amides is 1. The van der Waals surface area contributed by atoms with Crippen molar-refractivity contribution in [2.45, 2.75) is 13.0 Å². The fourth-order valence-electron chi connectivity index (χ4n) is 4.07. The van der Waals surface area contributed by atoms with Crippen molar-refractivity contribution in [1.82, 2.24) is 4.98 Å². The lowest BCUT2D eigenvalue weighted by Gasteiger charge is -2.23. The third kappa shape index (κ3) is 3.52. The number of aryl methyl sites for hydroxylation is 1. The van der Waals surface area contributed by atoms with Crippen LogP contribution in [0.4, 0.5) is 9.52 Å². The molecule has 6 nitrogen and oxygen atoms in total. The molecule has 0 saturated carbocycles. The predicted molar refractivity (Wildman–Crippen MR) is 129 cm³/mol. The lowest BCUT2D eigenvalue weighted by atomic mass is 9.95. The van der Waals surface area contributed by atoms with Crippen LogP contribution in [0.15, 0.2) is 72.3 Å². The van der Waals surface area contributed by atoms with Crippen LogP contribution in [-0.4, -0.2) is 28.9 Å². The molecule has 0 aliphatic carbocycles. The summed E-state index contributed by atoms with van der Waals surface area (Å²) in [6.45, 7) is 1.94. The quantitative estimate of drug-likeness (QED) is 0.244. The minimum atomic E-state index is -1.19. The zero-order valence-corrected chi connectivity index (χ0v) is 19.1. The molecule has 1 aliphatic heterocycles. The Balaban J connectivity index is 1.75. The van der Waals surface area contributed by atoms with Crippen LogP contribution in [0.2, 0.25) is 0 Å². The third-order valence-corrected chi connectivity index (χ3v) is 6.74. The Bertz CT molecular complexity index is 1490. The molecule has 1 N–H and O–H groups in total. The molecule has 1 aromatic heterocycles. The summed E-state index contributed by atoms with van der Waals surface area (Å²) in [5.74, 6) is -2.35. The fraction of sp³-hybridized carbons (Fsp3) is 0.115. The molecule has 34 heavy (non-hydrogen) atoms. The summed E-state index contributed by atoms with van der Waals surface area (Å²) in [5.41, 5.74) is 1.83. The number of ether oxygens (including phenoxy) is 1. The number of Topliss-reactive ketones (excluding diaryl/α,β-unsaturated/α-hetero) is 1. The van der Waals surface area contributed by atoms with Gasteiger partial charge in [-0.05, 0) is 42.8 Å². The highest BCUT2D eigenvalue weighted by molar-refractivity contribution is 7.22. The largest absolute Gasteiger partial charge is 0.507 e. The van der Waals surface area contributed by atoms with E-state index in [2.05, 4.69) is 4.98 Å². The van der Waals surface area contributed by atoms with Crippen molar-refractivity contribution in [2.24, 2.45) is 0 Å². The molecule has 3 aromatic carbocycles. The predicted octanol–water partition coefficient (Wildman–Crippen LogP) is 5.38. The number of rotatable bonds is 4. The van der Waals surface area contributed by atoms with Crippen molar-refractivity contribution < 1.29 is 23.8 Å². The van der Waals surface area contributed by atoms with Gasteiger partial charge in [-0.2, -0.15) is 0 Å². The van der Waals surface area contributed by atoms with Crippen LogP contribution in [0.25, 0.3) is 16.0 Å². The summed E-state index contributed by atoms with van der Waals surface area (Å²) in [7, 11) is 1.48. The highest BCUT2D eigenvalue weighted by Gasteiger charge is 2.49. The van der Waals surface area contributed by atoms with Crippen molar-refractivity contribution in [3.05, 3.63) is 94.8 Å². The summed E-state index contributed by atoms with van der Waals surface area (Å²) in [4.78, 5) is 32.2. The normalized spacial score (nSPS) is 17.5. The van der Waals surface area contributed by atoms with E-state index in [0.717, 1.165) is 10.3 Å². The van der Waals surface area contributed by atoms with Crippen LogP contribution in [0.1, 0.15) is 22.7 Å². The van der Waals surface area contributed by atoms with Gasteiger partial charge in [-0.3, -0.25) is 14.5 Å². The number of carbonyl (C=O) groups is 2. The molecule has 1 atom stereocenters. The molecule has 2 heterocycles. The summed E-state index contributed by atoms with van der Waals surface area (Å²) in [5, 5.41) is 11.4. The van der Waals surface area contributed by atoms with Gasteiger partial charge >= 0.3 is 5.91 Å². The molecular formula is C26H19FN2O4S. The molecule has 0 spiro atoms. The van der Waals surface area contributed by atoms with E-state index in [-0.39, 0.29) is 21.8 Å². The standard InChI is InChI=1S/C26H19FN2O4S/c1-14-10-11-19-20(12-14)34-26(28-19)29-22(17-8-3-4-9-18(17)27)21(24(31)25(29)32)23(30)15-6-5-7-16(13-15)33-2/h3-13,22,30H,1-2H3/t22-/m0/s1. The topological polar surface area (TPSA) is 79.7 Å². The Labute approximate surface area is 198 Å². The first-order chi connectivity index (χ1) is 16.4. The second kappa shape index (κ2) is 8.39. The molecule has 0 unspecified atom stereocenters. The van der Waals surface area contributed by atoms with Gasteiger partial charge in [0.1, 0.15) is 23.4 Å². The van der Waals surface area contributed by atoms with Gasteiger partial charge in [0.2, 0.25) is 0 Å². The van der Waals surface area contributed by atoms with Gasteiger partial charge in [0, 0.05) is 11.1 Å². The molecule has 0 bridgehead atoms. The van der Waals surface area contributed by atoms with Crippen LogP contribution < -0.4 is 9.64 Å². The van der Waals surface area contributed by atoms with Crippen LogP contribution in [-0.2, 0) is 9.59 Å². The van der Waals surface area contributed by atoms with Gasteiger partial charge < -0.3 is 9.84 Å². The van der Waals surface area contributed by atoms with Crippen molar-refractivity contribution in [3.8, 4) is 5.75 Å². The maximum absolute atomic E-state index is 15.0. The summed E-state index contributed by atoms with van der Waals surface area (Å²) >= 11 is 1.23. The van der Waals surface area contributed by atoms with Gasteiger partial charge in [-0.1, -0.05) is 47.7 Å². The number of hydrogen-bond donors (Lipinski definition) is 1. The van der Waals surface area contributed by atoms with E-state index in [0.29, 0.717) is 11.3 Å². The number of aliphatic hydroxyl groups is 1. The molecule has 1 aliphatic rings. The smallest absolute Gasteiger partial charge is 0.301 e. The molecule has 5 rings (SSSR count). The van der Waals surface area contributed by atoms with Crippen LogP contribution in [0.3, 0.4) is 0 Å². The first kappa shape index (κ1) is 21.8. The molecule has 8 heteroatoms. The minimum absolute atomic E-state index is 0.0848. The molecule has 170 valence electrons. The van der Waals surface area contributed by atoms with Gasteiger partial charge in [0.15, 0.2) is 5.13 Å². The molecule has 1 saturated heterocycles. The van der Waals surface area contributed by atoms with E-state index in [1.54, 1.807) is 30.3 Å². The lowest BCUT2D eigenvalue weighted by molar-refractivity contribution is -0.132. The fourth-order valence-corrected chi connectivity index (χ4v) is 5.16. The van der Waals surface area contributed by atoms with Crippen LogP contribution >= 0.6 is 11.3 Å². The Morgan fingerprint density at radius 3 is 2.65 bits per heavy atom. The number of hydrogen-bond acceptors (Lipinski definition) is 6. The van der Waals surface area contributed by atoms with Gasteiger partial charge in [0.25, 0.3) is 5.78 Å². The Kier molecular flexibility index (Phi) is 5.37. The zero-order chi connectivity index (χ0) is 24.0. The minimum Gasteiger partial charge on any atom is -0.507 e. The number of benzene rings is 3. The van der Waals surface area contributed by atoms with Gasteiger partial charge in [-0.25, -0.2) is 9.37 Å². The number of ketones is 1. The van der Waals surface area contributed by atoms with E-state index in [4.69, 9.17) is 4.74 Å². The zero-order valence-electron chi connectivity index (χ0n) is 18.3. The number of aromatic nitrogens is 1. The first-order valence-corrected chi connectivity index (χ1v) is 11.3. The van der Waals surface area contributed by atoms with Crippen molar-refractivity contribution in [2.75, 3.05) is 12.0 Å². The average Bonchev–Trinajstić information content (AvgIpc) is 3.36.